The summed E-state index contributed by atoms with van der Waals surface area (Å²) in [6, 6.07) is 19.3. The van der Waals surface area contributed by atoms with E-state index in [4.69, 9.17) is 9.84 Å². The Balaban J connectivity index is 1.91. The van der Waals surface area contributed by atoms with Gasteiger partial charge in [0.25, 0.3) is 0 Å². The fraction of sp³-hybridized carbons (Fsp3) is 0.350. The molecule has 0 fully saturated rings. The van der Waals surface area contributed by atoms with Gasteiger partial charge in [0.1, 0.15) is 6.10 Å². The zero-order chi connectivity index (χ0) is 16.3. The standard InChI is InChI=1S/C20H24O3/c21-16-8-7-13-19(15-14-17-9-3-1-4-10-17)23-20(22)18-11-5-2-6-12-18/h1-6,9-12,19,21H,7-8,13-16H2. The van der Waals surface area contributed by atoms with Crippen LogP contribution in [-0.2, 0) is 11.2 Å². The highest BCUT2D eigenvalue weighted by Gasteiger charge is 2.15. The lowest BCUT2D eigenvalue weighted by molar-refractivity contribution is 0.0254. The summed E-state index contributed by atoms with van der Waals surface area (Å²) in [5.41, 5.74) is 1.83. The number of rotatable bonds is 9. The van der Waals surface area contributed by atoms with E-state index in [1.54, 1.807) is 12.1 Å². The minimum atomic E-state index is -0.271. The van der Waals surface area contributed by atoms with E-state index in [1.165, 1.54) is 5.56 Å². The van der Waals surface area contributed by atoms with Crippen molar-refractivity contribution in [1.29, 1.82) is 0 Å². The third kappa shape index (κ3) is 6.25. The van der Waals surface area contributed by atoms with Crippen LogP contribution >= 0.6 is 0 Å². The van der Waals surface area contributed by atoms with Crippen LogP contribution in [0.1, 0.15) is 41.6 Å². The number of aliphatic hydroxyl groups is 1. The van der Waals surface area contributed by atoms with Gasteiger partial charge < -0.3 is 9.84 Å². The van der Waals surface area contributed by atoms with Crippen LogP contribution in [0.2, 0.25) is 0 Å². The zero-order valence-corrected chi connectivity index (χ0v) is 13.4. The van der Waals surface area contributed by atoms with Gasteiger partial charge in [-0.15, -0.1) is 0 Å². The third-order valence-corrected chi connectivity index (χ3v) is 3.82. The van der Waals surface area contributed by atoms with Crippen molar-refractivity contribution in [3.8, 4) is 0 Å². The number of carbonyl (C=O) groups excluding carboxylic acids is 1. The molecule has 0 saturated heterocycles. The third-order valence-electron chi connectivity index (χ3n) is 3.82. The number of benzene rings is 2. The number of esters is 1. The van der Waals surface area contributed by atoms with E-state index in [9.17, 15) is 4.79 Å². The molecule has 2 aromatic rings. The molecule has 0 aliphatic heterocycles. The molecule has 0 heterocycles. The molecule has 3 nitrogen and oxygen atoms in total. The topological polar surface area (TPSA) is 46.5 Å². The highest BCUT2D eigenvalue weighted by Crippen LogP contribution is 2.15. The van der Waals surface area contributed by atoms with Crippen molar-refractivity contribution in [3.05, 3.63) is 71.8 Å². The van der Waals surface area contributed by atoms with Gasteiger partial charge in [0, 0.05) is 6.61 Å². The Morgan fingerprint density at radius 1 is 0.913 bits per heavy atom. The number of carbonyl (C=O) groups is 1. The predicted octanol–water partition coefficient (Wildman–Crippen LogP) is 4.01. The first-order valence-electron chi connectivity index (χ1n) is 8.20. The number of hydrogen-bond acceptors (Lipinski definition) is 3. The molecule has 0 spiro atoms. The van der Waals surface area contributed by atoms with E-state index in [0.29, 0.717) is 5.56 Å². The van der Waals surface area contributed by atoms with Gasteiger partial charge in [0.05, 0.1) is 5.56 Å². The molecule has 0 radical (unpaired) electrons. The Hall–Kier alpha value is -2.13. The van der Waals surface area contributed by atoms with Gasteiger partial charge in [-0.25, -0.2) is 4.79 Å². The second-order valence-electron chi connectivity index (χ2n) is 5.64. The molecule has 0 aromatic heterocycles. The van der Waals surface area contributed by atoms with Crippen molar-refractivity contribution in [2.75, 3.05) is 6.61 Å². The number of aliphatic hydroxyl groups excluding tert-OH is 1. The van der Waals surface area contributed by atoms with Crippen molar-refractivity contribution >= 4 is 5.97 Å². The second kappa shape index (κ2) is 9.80. The molecule has 122 valence electrons. The first kappa shape index (κ1) is 17.2. The van der Waals surface area contributed by atoms with Crippen LogP contribution in [0.25, 0.3) is 0 Å². The molecular formula is C20H24O3. The minimum absolute atomic E-state index is 0.116. The Labute approximate surface area is 137 Å². The molecule has 1 atom stereocenters. The van der Waals surface area contributed by atoms with E-state index in [2.05, 4.69) is 12.1 Å². The SMILES string of the molecule is O=C(OC(CCCCO)CCc1ccccc1)c1ccccc1. The van der Waals surface area contributed by atoms with Gasteiger partial charge in [0.2, 0.25) is 0 Å². The van der Waals surface area contributed by atoms with Gasteiger partial charge >= 0.3 is 5.97 Å². The highest BCUT2D eigenvalue weighted by atomic mass is 16.5. The highest BCUT2D eigenvalue weighted by molar-refractivity contribution is 5.89. The average Bonchev–Trinajstić information content (AvgIpc) is 2.61. The molecule has 23 heavy (non-hydrogen) atoms. The van der Waals surface area contributed by atoms with E-state index >= 15 is 0 Å². The lowest BCUT2D eigenvalue weighted by Crippen LogP contribution is -2.19. The molecule has 0 saturated carbocycles. The van der Waals surface area contributed by atoms with Crippen LogP contribution in [0.5, 0.6) is 0 Å². The van der Waals surface area contributed by atoms with Crippen LogP contribution in [0.4, 0.5) is 0 Å². The van der Waals surface area contributed by atoms with Crippen molar-refractivity contribution in [3.63, 3.8) is 0 Å². The summed E-state index contributed by atoms with van der Waals surface area (Å²) in [5, 5.41) is 8.94. The van der Waals surface area contributed by atoms with Crippen LogP contribution in [0.15, 0.2) is 60.7 Å². The first-order valence-corrected chi connectivity index (χ1v) is 8.20. The van der Waals surface area contributed by atoms with Crippen LogP contribution < -0.4 is 0 Å². The summed E-state index contributed by atoms with van der Waals surface area (Å²) >= 11 is 0. The Bertz CT molecular complexity index is 566. The Morgan fingerprint density at radius 3 is 2.22 bits per heavy atom. The van der Waals surface area contributed by atoms with E-state index in [-0.39, 0.29) is 18.7 Å². The van der Waals surface area contributed by atoms with Crippen molar-refractivity contribution in [2.24, 2.45) is 0 Å². The Morgan fingerprint density at radius 2 is 1.57 bits per heavy atom. The van der Waals surface area contributed by atoms with Gasteiger partial charge in [-0.05, 0) is 49.8 Å². The summed E-state index contributed by atoms with van der Waals surface area (Å²) in [7, 11) is 0. The molecule has 0 aliphatic rings. The van der Waals surface area contributed by atoms with Crippen LogP contribution in [0, 0.1) is 0 Å². The summed E-state index contributed by atoms with van der Waals surface area (Å²) in [5.74, 6) is -0.271. The maximum Gasteiger partial charge on any atom is 0.338 e. The van der Waals surface area contributed by atoms with Crippen LogP contribution in [0.3, 0.4) is 0 Å². The van der Waals surface area contributed by atoms with Gasteiger partial charge in [0.15, 0.2) is 0 Å². The Kier molecular flexibility index (Phi) is 7.34. The summed E-state index contributed by atoms with van der Waals surface area (Å²) in [4.78, 5) is 12.2. The number of hydrogen-bond donors (Lipinski definition) is 1. The molecule has 3 heteroatoms. The van der Waals surface area contributed by atoms with Crippen LogP contribution in [-0.4, -0.2) is 23.8 Å². The van der Waals surface area contributed by atoms with Crippen molar-refractivity contribution in [1.82, 2.24) is 0 Å². The summed E-state index contributed by atoms with van der Waals surface area (Å²) in [6.07, 6.45) is 3.95. The molecular weight excluding hydrogens is 288 g/mol. The summed E-state index contributed by atoms with van der Waals surface area (Å²) in [6.45, 7) is 0.179. The monoisotopic (exact) mass is 312 g/mol. The normalized spacial score (nSPS) is 11.9. The number of ether oxygens (including phenoxy) is 1. The van der Waals surface area contributed by atoms with Gasteiger partial charge in [-0.2, -0.15) is 0 Å². The number of aryl methyl sites for hydroxylation is 1. The first-order chi connectivity index (χ1) is 11.3. The smallest absolute Gasteiger partial charge is 0.338 e. The average molecular weight is 312 g/mol. The molecule has 0 amide bonds. The summed E-state index contributed by atoms with van der Waals surface area (Å²) < 4.78 is 5.68. The fourth-order valence-corrected chi connectivity index (χ4v) is 2.51. The molecule has 0 aliphatic carbocycles. The quantitative estimate of drug-likeness (QED) is 0.562. The van der Waals surface area contributed by atoms with E-state index in [0.717, 1.165) is 32.1 Å². The zero-order valence-electron chi connectivity index (χ0n) is 13.4. The van der Waals surface area contributed by atoms with Crippen molar-refractivity contribution in [2.45, 2.75) is 38.2 Å². The maximum absolute atomic E-state index is 12.2. The largest absolute Gasteiger partial charge is 0.459 e. The fourth-order valence-electron chi connectivity index (χ4n) is 2.51. The van der Waals surface area contributed by atoms with E-state index in [1.807, 2.05) is 36.4 Å². The lowest BCUT2D eigenvalue weighted by atomic mass is 10.0. The molecule has 2 aromatic carbocycles. The van der Waals surface area contributed by atoms with E-state index < -0.39 is 0 Å². The maximum atomic E-state index is 12.2. The van der Waals surface area contributed by atoms with Gasteiger partial charge in [-0.1, -0.05) is 48.5 Å². The minimum Gasteiger partial charge on any atom is -0.459 e. The predicted molar refractivity (Wildman–Crippen MR) is 91.3 cm³/mol. The molecule has 2 rings (SSSR count). The molecule has 1 N–H and O–H groups in total. The van der Waals surface area contributed by atoms with Gasteiger partial charge in [-0.3, -0.25) is 0 Å². The lowest BCUT2D eigenvalue weighted by Gasteiger charge is -2.18. The molecule has 1 unspecified atom stereocenters. The number of unbranched alkanes of at least 4 members (excludes halogenated alkanes) is 1. The van der Waals surface area contributed by atoms with Crippen molar-refractivity contribution < 1.29 is 14.6 Å². The molecule has 0 bridgehead atoms. The second-order valence-corrected chi connectivity index (χ2v) is 5.64.